The largest absolute Gasteiger partial charge is 0.490 e. The predicted molar refractivity (Wildman–Crippen MR) is 134 cm³/mol. The van der Waals surface area contributed by atoms with Crippen LogP contribution < -0.4 is 14.8 Å². The van der Waals surface area contributed by atoms with Crippen LogP contribution in [0.3, 0.4) is 0 Å². The molecule has 3 aromatic rings. The van der Waals surface area contributed by atoms with Crippen molar-refractivity contribution in [1.82, 2.24) is 5.32 Å². The van der Waals surface area contributed by atoms with Crippen LogP contribution in [0.15, 0.2) is 72.8 Å². The summed E-state index contributed by atoms with van der Waals surface area (Å²) >= 11 is 0. The van der Waals surface area contributed by atoms with Gasteiger partial charge in [-0.05, 0) is 66.8 Å². The average Bonchev–Trinajstić information content (AvgIpc) is 2.85. The summed E-state index contributed by atoms with van der Waals surface area (Å²) in [5.74, 6) is 0.490. The lowest BCUT2D eigenvalue weighted by molar-refractivity contribution is -0.136. The van der Waals surface area contributed by atoms with E-state index in [4.69, 9.17) is 19.3 Å². The van der Waals surface area contributed by atoms with E-state index in [2.05, 4.69) is 17.4 Å². The van der Waals surface area contributed by atoms with Gasteiger partial charge in [0.05, 0.1) is 6.10 Å². The summed E-state index contributed by atoms with van der Waals surface area (Å²) in [4.78, 5) is 22.9. The number of nitrogens with one attached hydrogen (secondary N) is 1. The van der Waals surface area contributed by atoms with E-state index >= 15 is 0 Å². The Bertz CT molecular complexity index is 1100. The summed E-state index contributed by atoms with van der Waals surface area (Å²) < 4.78 is 16.7. The number of amides is 1. The van der Waals surface area contributed by atoms with E-state index in [1.54, 1.807) is 19.9 Å². The van der Waals surface area contributed by atoms with E-state index in [9.17, 15) is 9.59 Å². The van der Waals surface area contributed by atoms with E-state index < -0.39 is 12.1 Å². The minimum Gasteiger partial charge on any atom is -0.490 e. The predicted octanol–water partition coefficient (Wildman–Crippen LogP) is 5.46. The van der Waals surface area contributed by atoms with Gasteiger partial charge in [0.1, 0.15) is 24.7 Å². The zero-order valence-corrected chi connectivity index (χ0v) is 20.0. The fraction of sp³-hybridized carbons (Fsp3) is 0.286. The molecule has 35 heavy (non-hydrogen) atoms. The number of carbonyl (C=O) groups is 2. The number of carboxylic acids is 1. The Labute approximate surface area is 205 Å². The van der Waals surface area contributed by atoms with E-state index in [1.807, 2.05) is 54.6 Å². The van der Waals surface area contributed by atoms with E-state index in [1.165, 1.54) is 0 Å². The van der Waals surface area contributed by atoms with Crippen molar-refractivity contribution in [2.45, 2.75) is 39.3 Å². The van der Waals surface area contributed by atoms with E-state index in [0.717, 1.165) is 28.0 Å². The molecule has 0 atom stereocenters. The van der Waals surface area contributed by atoms with Gasteiger partial charge >= 0.3 is 12.1 Å². The minimum absolute atomic E-state index is 0.000542. The first kappa shape index (κ1) is 25.6. The number of carbonyl (C=O) groups excluding carboxylic acids is 1. The maximum absolute atomic E-state index is 11.9. The number of ether oxygens (including phenoxy) is 3. The van der Waals surface area contributed by atoms with Crippen LogP contribution in [0.2, 0.25) is 0 Å². The molecule has 0 radical (unpaired) electrons. The van der Waals surface area contributed by atoms with Gasteiger partial charge in [-0.15, -0.1) is 0 Å². The molecule has 3 aromatic carbocycles. The fourth-order valence-corrected chi connectivity index (χ4v) is 3.46. The lowest BCUT2D eigenvalue weighted by atomic mass is 10.0. The third kappa shape index (κ3) is 8.70. The molecule has 7 nitrogen and oxygen atoms in total. The maximum Gasteiger partial charge on any atom is 0.407 e. The van der Waals surface area contributed by atoms with Crippen molar-refractivity contribution < 1.29 is 28.9 Å². The molecule has 1 amide bonds. The van der Waals surface area contributed by atoms with Crippen LogP contribution in [-0.4, -0.2) is 36.5 Å². The minimum atomic E-state index is -0.877. The van der Waals surface area contributed by atoms with Gasteiger partial charge in [0.15, 0.2) is 0 Å². The normalized spacial score (nSPS) is 10.6. The van der Waals surface area contributed by atoms with Gasteiger partial charge in [0, 0.05) is 13.0 Å². The van der Waals surface area contributed by atoms with Crippen molar-refractivity contribution in [3.8, 4) is 22.6 Å². The number of carboxylic acid groups (broad SMARTS) is 1. The molecular formula is C28H31NO6. The van der Waals surface area contributed by atoms with Gasteiger partial charge in [0.2, 0.25) is 0 Å². The molecule has 0 saturated heterocycles. The molecule has 184 valence electrons. The van der Waals surface area contributed by atoms with Crippen LogP contribution in [0, 0.1) is 0 Å². The van der Waals surface area contributed by atoms with Crippen LogP contribution >= 0.6 is 0 Å². The number of aryl methyl sites for hydroxylation is 1. The number of benzene rings is 3. The zero-order valence-electron chi connectivity index (χ0n) is 20.0. The molecule has 0 aromatic heterocycles. The molecule has 0 heterocycles. The zero-order chi connectivity index (χ0) is 25.0. The summed E-state index contributed by atoms with van der Waals surface area (Å²) in [6.45, 7) is 4.44. The lowest BCUT2D eigenvalue weighted by Gasteiger charge is -2.14. The third-order valence-electron chi connectivity index (χ3n) is 5.13. The van der Waals surface area contributed by atoms with E-state index in [0.29, 0.717) is 25.4 Å². The quantitative estimate of drug-likeness (QED) is 0.336. The number of aliphatic carboxylic acids is 1. The Balaban J connectivity index is 1.53. The summed E-state index contributed by atoms with van der Waals surface area (Å²) in [6, 6.07) is 23.5. The first-order chi connectivity index (χ1) is 16.9. The number of alkyl carbamates (subject to hydrolysis) is 1. The average molecular weight is 478 g/mol. The Morgan fingerprint density at radius 1 is 0.829 bits per heavy atom. The van der Waals surface area contributed by atoms with Gasteiger partial charge in [-0.25, -0.2) is 4.79 Å². The Morgan fingerprint density at radius 3 is 2.11 bits per heavy atom. The van der Waals surface area contributed by atoms with Crippen molar-refractivity contribution in [2.75, 3.05) is 13.2 Å². The fourth-order valence-electron chi connectivity index (χ4n) is 3.46. The number of rotatable bonds is 12. The molecule has 2 N–H and O–H groups in total. The highest BCUT2D eigenvalue weighted by Gasteiger charge is 2.10. The van der Waals surface area contributed by atoms with Gasteiger partial charge in [-0.3, -0.25) is 4.79 Å². The van der Waals surface area contributed by atoms with Gasteiger partial charge in [-0.2, -0.15) is 0 Å². The summed E-state index contributed by atoms with van der Waals surface area (Å²) in [6.07, 6.45) is -0.401. The smallest absolute Gasteiger partial charge is 0.407 e. The summed E-state index contributed by atoms with van der Waals surface area (Å²) in [5.41, 5.74) is 3.88. The van der Waals surface area contributed by atoms with Crippen LogP contribution in [0.5, 0.6) is 11.5 Å². The van der Waals surface area contributed by atoms with Crippen molar-refractivity contribution in [2.24, 2.45) is 0 Å². The molecule has 0 unspecified atom stereocenters. The highest BCUT2D eigenvalue weighted by atomic mass is 16.6. The van der Waals surface area contributed by atoms with Crippen molar-refractivity contribution >= 4 is 12.1 Å². The second-order valence-corrected chi connectivity index (χ2v) is 8.22. The second kappa shape index (κ2) is 13.0. The third-order valence-corrected chi connectivity index (χ3v) is 5.13. The molecule has 0 saturated carbocycles. The Kier molecular flexibility index (Phi) is 9.54. The Hall–Kier alpha value is -4.00. The maximum atomic E-state index is 11.9. The molecule has 0 fully saturated rings. The van der Waals surface area contributed by atoms with Crippen LogP contribution in [0.1, 0.15) is 31.4 Å². The first-order valence-electron chi connectivity index (χ1n) is 11.6. The molecule has 0 aliphatic rings. The summed E-state index contributed by atoms with van der Waals surface area (Å²) in [7, 11) is 0. The highest BCUT2D eigenvalue weighted by molar-refractivity contribution is 5.68. The van der Waals surface area contributed by atoms with Crippen LogP contribution in [0.25, 0.3) is 11.1 Å². The van der Waals surface area contributed by atoms with E-state index in [-0.39, 0.29) is 19.1 Å². The second-order valence-electron chi connectivity index (χ2n) is 8.22. The molecule has 3 rings (SSSR count). The van der Waals surface area contributed by atoms with Crippen molar-refractivity contribution in [1.29, 1.82) is 0 Å². The molecule has 0 spiro atoms. The number of hydrogen-bond donors (Lipinski definition) is 2. The van der Waals surface area contributed by atoms with Crippen LogP contribution in [0.4, 0.5) is 4.79 Å². The number of hydrogen-bond acceptors (Lipinski definition) is 5. The SMILES string of the molecule is CC(C)OC(=O)NCc1cc(OCCOc2ccc(-c3ccccc3)cc2)ccc1CCC(=O)O. The highest BCUT2D eigenvalue weighted by Crippen LogP contribution is 2.23. The van der Waals surface area contributed by atoms with Gasteiger partial charge in [0.25, 0.3) is 0 Å². The topological polar surface area (TPSA) is 94.1 Å². The molecular weight excluding hydrogens is 446 g/mol. The van der Waals surface area contributed by atoms with Crippen LogP contribution in [-0.2, 0) is 22.5 Å². The van der Waals surface area contributed by atoms with Gasteiger partial charge < -0.3 is 24.6 Å². The van der Waals surface area contributed by atoms with Crippen molar-refractivity contribution in [3.05, 3.63) is 83.9 Å². The summed E-state index contributed by atoms with van der Waals surface area (Å²) in [5, 5.41) is 11.7. The lowest BCUT2D eigenvalue weighted by Crippen LogP contribution is -2.26. The molecule has 0 aliphatic heterocycles. The molecule has 0 bridgehead atoms. The standard InChI is InChI=1S/C28H31NO6/c1-20(2)35-28(32)29-19-24-18-26(14-10-23(24)11-15-27(30)31)34-17-16-33-25-12-8-22(9-13-25)21-6-4-3-5-7-21/h3-10,12-14,18,20H,11,15-17,19H2,1-2H3,(H,29,32)(H,30,31). The molecule has 0 aliphatic carbocycles. The first-order valence-corrected chi connectivity index (χ1v) is 11.6. The van der Waals surface area contributed by atoms with Crippen molar-refractivity contribution in [3.63, 3.8) is 0 Å². The molecule has 7 heteroatoms. The monoisotopic (exact) mass is 477 g/mol. The van der Waals surface area contributed by atoms with Gasteiger partial charge in [-0.1, -0.05) is 48.5 Å². The Morgan fingerprint density at radius 2 is 1.46 bits per heavy atom.